The van der Waals surface area contributed by atoms with Crippen molar-refractivity contribution in [1.82, 2.24) is 5.32 Å². The molecule has 2 aromatic rings. The van der Waals surface area contributed by atoms with Gasteiger partial charge in [-0.05, 0) is 49.6 Å². The molecule has 1 N–H and O–H groups in total. The summed E-state index contributed by atoms with van der Waals surface area (Å²) in [6.07, 6.45) is -2.73. The molecule has 1 heterocycles. The van der Waals surface area contributed by atoms with E-state index in [1.54, 1.807) is 24.3 Å². The van der Waals surface area contributed by atoms with Crippen molar-refractivity contribution in [2.75, 3.05) is 17.7 Å². The Bertz CT molecular complexity index is 1330. The van der Waals surface area contributed by atoms with Crippen molar-refractivity contribution in [1.29, 1.82) is 5.26 Å². The van der Waals surface area contributed by atoms with Gasteiger partial charge in [-0.3, -0.25) is 9.00 Å². The maximum atomic E-state index is 13.6. The molecule has 1 saturated carbocycles. The molecule has 0 bridgehead atoms. The first kappa shape index (κ1) is 25.2. The van der Waals surface area contributed by atoms with Crippen molar-refractivity contribution < 1.29 is 30.6 Å². The lowest BCUT2D eigenvalue weighted by Crippen LogP contribution is -2.47. The minimum absolute atomic E-state index is 0.244. The van der Waals surface area contributed by atoms with Crippen LogP contribution in [0.2, 0.25) is 0 Å². The first-order valence-electron chi connectivity index (χ1n) is 10.7. The molecule has 35 heavy (non-hydrogen) atoms. The van der Waals surface area contributed by atoms with E-state index in [4.69, 9.17) is 0 Å². The van der Waals surface area contributed by atoms with Gasteiger partial charge in [0.2, 0.25) is 5.91 Å². The van der Waals surface area contributed by atoms with Crippen molar-refractivity contribution in [3.8, 4) is 6.07 Å². The quantitative estimate of drug-likeness (QED) is 0.621. The highest BCUT2D eigenvalue weighted by molar-refractivity contribution is 7.92. The Labute approximate surface area is 203 Å². The molecule has 1 unspecified atom stereocenters. The van der Waals surface area contributed by atoms with Gasteiger partial charge in [-0.15, -0.1) is 0 Å². The largest absolute Gasteiger partial charge is 0.417 e. The van der Waals surface area contributed by atoms with Crippen LogP contribution in [0.25, 0.3) is 0 Å². The van der Waals surface area contributed by atoms with Gasteiger partial charge in [0.1, 0.15) is 11.6 Å². The fraction of sp³-hybridized carbons (Fsp3) is 0.391. The van der Waals surface area contributed by atoms with Gasteiger partial charge in [0, 0.05) is 34.2 Å². The molecule has 0 aromatic heterocycles. The molecule has 0 spiro atoms. The summed E-state index contributed by atoms with van der Waals surface area (Å²) >= 11 is 0. The van der Waals surface area contributed by atoms with E-state index in [9.17, 15) is 35.9 Å². The third kappa shape index (κ3) is 4.92. The lowest BCUT2D eigenvalue weighted by Gasteiger charge is -2.27. The number of hydrogen-bond donors (Lipinski definition) is 1. The zero-order valence-corrected chi connectivity index (χ0v) is 20.2. The minimum atomic E-state index is -4.87. The van der Waals surface area contributed by atoms with Crippen LogP contribution in [0.15, 0.2) is 58.3 Å². The normalized spacial score (nSPS) is 22.3. The van der Waals surface area contributed by atoms with Crippen LogP contribution in [-0.4, -0.2) is 48.2 Å². The average Bonchev–Trinajstić information content (AvgIpc) is 3.43. The van der Waals surface area contributed by atoms with Crippen molar-refractivity contribution in [2.24, 2.45) is 0 Å². The predicted octanol–water partition coefficient (Wildman–Crippen LogP) is 3.04. The van der Waals surface area contributed by atoms with Gasteiger partial charge in [-0.2, -0.15) is 18.4 Å². The van der Waals surface area contributed by atoms with Crippen LogP contribution in [-0.2, 0) is 31.6 Å². The van der Waals surface area contributed by atoms with E-state index < -0.39 is 60.0 Å². The molecule has 1 aliphatic carbocycles. The summed E-state index contributed by atoms with van der Waals surface area (Å²) in [5.74, 6) is -0.575. The van der Waals surface area contributed by atoms with E-state index in [2.05, 4.69) is 5.32 Å². The number of benzene rings is 2. The second-order valence-corrected chi connectivity index (χ2v) is 12.3. The van der Waals surface area contributed by atoms with Crippen molar-refractivity contribution in [3.05, 3.63) is 54.1 Å². The predicted molar refractivity (Wildman–Crippen MR) is 123 cm³/mol. The molecule has 1 amide bonds. The Hall–Kier alpha value is -2.91. The van der Waals surface area contributed by atoms with Crippen LogP contribution in [0.5, 0.6) is 0 Å². The minimum Gasteiger partial charge on any atom is -0.358 e. The van der Waals surface area contributed by atoms with Crippen LogP contribution in [0, 0.1) is 11.3 Å². The number of carbonyl (C=O) groups excluding carboxylic acids is 1. The molecule has 2 aromatic carbocycles. The fourth-order valence-corrected chi connectivity index (χ4v) is 6.70. The number of alkyl halides is 3. The molecule has 186 valence electrons. The van der Waals surface area contributed by atoms with Crippen molar-refractivity contribution in [3.63, 3.8) is 0 Å². The Balaban J connectivity index is 1.73. The molecule has 2 fully saturated rings. The molecule has 1 saturated heterocycles. The lowest BCUT2D eigenvalue weighted by molar-refractivity contribution is -0.139. The molecule has 12 heteroatoms. The SMILES string of the molecule is CS(=O)c1cccc(N2C[C@H](S(=O)(=O)c3ccccc3C(F)(F)F)C[C@H]2C(=O)NC2(C#N)CC2)c1. The Morgan fingerprint density at radius 3 is 2.49 bits per heavy atom. The molecule has 2 aliphatic rings. The van der Waals surface area contributed by atoms with Crippen LogP contribution in [0.4, 0.5) is 18.9 Å². The van der Waals surface area contributed by atoms with Crippen LogP contribution in [0.3, 0.4) is 0 Å². The molecular weight excluding hydrogens is 503 g/mol. The van der Waals surface area contributed by atoms with Gasteiger partial charge < -0.3 is 10.2 Å². The number of halogens is 3. The zero-order valence-electron chi connectivity index (χ0n) is 18.6. The number of rotatable bonds is 6. The van der Waals surface area contributed by atoms with E-state index in [0.29, 0.717) is 29.5 Å². The number of nitriles is 1. The summed E-state index contributed by atoms with van der Waals surface area (Å²) < 4.78 is 79.5. The standard InChI is InChI=1S/C23H22F3N3O4S2/c1-34(31)16-6-4-5-15(11-16)29-13-17(12-19(29)21(30)28-22(14-27)9-10-22)35(32,33)20-8-3-2-7-18(20)23(24,25)26/h2-8,11,17,19H,9-10,12-13H2,1H3,(H,28,30)/t17-,19+,34?/m1/s1. The molecular formula is C23H22F3N3O4S2. The van der Waals surface area contributed by atoms with Gasteiger partial charge in [0.05, 0.1) is 21.8 Å². The zero-order chi connectivity index (χ0) is 25.6. The Morgan fingerprint density at radius 2 is 1.89 bits per heavy atom. The first-order valence-corrected chi connectivity index (χ1v) is 13.8. The summed E-state index contributed by atoms with van der Waals surface area (Å²) in [5, 5.41) is 10.7. The van der Waals surface area contributed by atoms with Gasteiger partial charge in [0.15, 0.2) is 9.84 Å². The second kappa shape index (κ2) is 8.95. The molecule has 4 rings (SSSR count). The summed E-state index contributed by atoms with van der Waals surface area (Å²) in [5.41, 5.74) is -1.85. The fourth-order valence-electron chi connectivity index (χ4n) is 4.23. The van der Waals surface area contributed by atoms with Crippen molar-refractivity contribution in [2.45, 2.75) is 52.1 Å². The van der Waals surface area contributed by atoms with E-state index in [1.165, 1.54) is 17.2 Å². The maximum absolute atomic E-state index is 13.6. The molecule has 1 aliphatic heterocycles. The average molecular weight is 526 g/mol. The number of sulfone groups is 1. The number of carbonyl (C=O) groups is 1. The van der Waals surface area contributed by atoms with Crippen molar-refractivity contribution >= 4 is 32.2 Å². The highest BCUT2D eigenvalue weighted by Gasteiger charge is 2.50. The van der Waals surface area contributed by atoms with Gasteiger partial charge in [-0.1, -0.05) is 18.2 Å². The number of nitrogens with zero attached hydrogens (tertiary/aromatic N) is 2. The number of hydrogen-bond acceptors (Lipinski definition) is 6. The number of anilines is 1. The first-order chi connectivity index (χ1) is 16.4. The summed E-state index contributed by atoms with van der Waals surface area (Å²) in [7, 11) is -5.84. The summed E-state index contributed by atoms with van der Waals surface area (Å²) in [4.78, 5) is 14.3. The van der Waals surface area contributed by atoms with E-state index in [-0.39, 0.29) is 13.0 Å². The third-order valence-corrected chi connectivity index (χ3v) is 9.42. The lowest BCUT2D eigenvalue weighted by atomic mass is 10.1. The highest BCUT2D eigenvalue weighted by Crippen LogP contribution is 2.40. The number of amides is 1. The van der Waals surface area contributed by atoms with Crippen LogP contribution >= 0.6 is 0 Å². The molecule has 7 nitrogen and oxygen atoms in total. The molecule has 3 atom stereocenters. The van der Waals surface area contributed by atoms with Gasteiger partial charge in [-0.25, -0.2) is 8.42 Å². The highest BCUT2D eigenvalue weighted by atomic mass is 32.2. The van der Waals surface area contributed by atoms with Gasteiger partial charge >= 0.3 is 6.18 Å². The van der Waals surface area contributed by atoms with Crippen LogP contribution < -0.4 is 10.2 Å². The molecule has 0 radical (unpaired) electrons. The summed E-state index contributed by atoms with van der Waals surface area (Å²) in [6, 6.07) is 11.4. The maximum Gasteiger partial charge on any atom is 0.417 e. The topological polar surface area (TPSA) is 107 Å². The van der Waals surface area contributed by atoms with Gasteiger partial charge in [0.25, 0.3) is 0 Å². The van der Waals surface area contributed by atoms with E-state index in [1.807, 2.05) is 6.07 Å². The third-order valence-electron chi connectivity index (χ3n) is 6.31. The Morgan fingerprint density at radius 1 is 1.20 bits per heavy atom. The van der Waals surface area contributed by atoms with E-state index in [0.717, 1.165) is 12.1 Å². The summed E-state index contributed by atoms with van der Waals surface area (Å²) in [6.45, 7) is -0.244. The Kier molecular flexibility index (Phi) is 6.44. The van der Waals surface area contributed by atoms with Crippen LogP contribution in [0.1, 0.15) is 24.8 Å². The van der Waals surface area contributed by atoms with E-state index >= 15 is 0 Å². The second-order valence-electron chi connectivity index (χ2n) is 8.70. The monoisotopic (exact) mass is 525 g/mol. The number of nitrogens with one attached hydrogen (secondary N) is 1. The smallest absolute Gasteiger partial charge is 0.358 e.